The maximum atomic E-state index is 14.7. The van der Waals surface area contributed by atoms with Gasteiger partial charge >= 0.3 is 0 Å². The first-order valence-electron chi connectivity index (χ1n) is 8.79. The predicted molar refractivity (Wildman–Crippen MR) is 105 cm³/mol. The molecule has 3 aromatic rings. The fraction of sp³-hybridized carbons (Fsp3) is 0.350. The van der Waals surface area contributed by atoms with Crippen molar-refractivity contribution in [2.24, 2.45) is 0 Å². The van der Waals surface area contributed by atoms with Crippen molar-refractivity contribution in [1.29, 1.82) is 0 Å². The van der Waals surface area contributed by atoms with Gasteiger partial charge in [0.2, 0.25) is 0 Å². The Morgan fingerprint density at radius 3 is 2.64 bits per heavy atom. The summed E-state index contributed by atoms with van der Waals surface area (Å²) in [6.45, 7) is 1.65. The standard InChI is InChI=1S/C20H22ClFN2O4/c1-25-3-4-27-5-6-28-19-10-17(22)13(8-18(19)26-2)7-14-11-23-20-16(14)9-15(21)12-24-20/h8-12H,3-7H2,1-2H3,(H,23,24). The molecule has 0 radical (unpaired) electrons. The van der Waals surface area contributed by atoms with Crippen LogP contribution in [-0.2, 0) is 15.9 Å². The van der Waals surface area contributed by atoms with E-state index < -0.39 is 0 Å². The van der Waals surface area contributed by atoms with E-state index in [1.807, 2.05) is 12.3 Å². The van der Waals surface area contributed by atoms with Crippen molar-refractivity contribution in [3.63, 3.8) is 0 Å². The minimum Gasteiger partial charge on any atom is -0.493 e. The third-order valence-corrected chi connectivity index (χ3v) is 4.42. The highest BCUT2D eigenvalue weighted by Crippen LogP contribution is 2.32. The van der Waals surface area contributed by atoms with Crippen LogP contribution in [0.25, 0.3) is 11.0 Å². The number of halogens is 2. The number of benzene rings is 1. The Morgan fingerprint density at radius 1 is 1.04 bits per heavy atom. The molecule has 1 N–H and O–H groups in total. The number of hydrogen-bond acceptors (Lipinski definition) is 5. The third-order valence-electron chi connectivity index (χ3n) is 4.21. The van der Waals surface area contributed by atoms with Gasteiger partial charge in [-0.2, -0.15) is 0 Å². The molecule has 0 atom stereocenters. The number of nitrogens with one attached hydrogen (secondary N) is 1. The largest absolute Gasteiger partial charge is 0.493 e. The minimum atomic E-state index is -0.375. The molecule has 150 valence electrons. The SMILES string of the molecule is COCCOCCOc1cc(F)c(Cc2c[nH]c3ncc(Cl)cc23)cc1OC. The lowest BCUT2D eigenvalue weighted by Gasteiger charge is -2.13. The van der Waals surface area contributed by atoms with E-state index in [0.717, 1.165) is 10.9 Å². The Bertz CT molecular complexity index is 932. The van der Waals surface area contributed by atoms with Gasteiger partial charge in [-0.1, -0.05) is 11.6 Å². The van der Waals surface area contributed by atoms with Crippen LogP contribution in [0.3, 0.4) is 0 Å². The molecule has 6 nitrogen and oxygen atoms in total. The first-order valence-corrected chi connectivity index (χ1v) is 9.17. The molecule has 1 aromatic carbocycles. The van der Waals surface area contributed by atoms with Crippen molar-refractivity contribution in [2.45, 2.75) is 6.42 Å². The van der Waals surface area contributed by atoms with E-state index in [1.54, 1.807) is 19.4 Å². The first-order chi connectivity index (χ1) is 13.6. The molecule has 0 aliphatic heterocycles. The summed E-state index contributed by atoms with van der Waals surface area (Å²) in [5.41, 5.74) is 2.09. The number of hydrogen-bond donors (Lipinski definition) is 1. The van der Waals surface area contributed by atoms with E-state index in [9.17, 15) is 4.39 Å². The second-order valence-corrected chi connectivity index (χ2v) is 6.52. The Morgan fingerprint density at radius 2 is 1.86 bits per heavy atom. The van der Waals surface area contributed by atoms with Crippen LogP contribution in [0, 0.1) is 5.82 Å². The number of aromatic amines is 1. The summed E-state index contributed by atoms with van der Waals surface area (Å²) in [6.07, 6.45) is 3.74. The zero-order valence-electron chi connectivity index (χ0n) is 15.8. The molecule has 0 saturated carbocycles. The Balaban J connectivity index is 1.72. The fourth-order valence-corrected chi connectivity index (χ4v) is 2.98. The number of rotatable bonds is 10. The van der Waals surface area contributed by atoms with Crippen molar-refractivity contribution in [3.05, 3.63) is 52.6 Å². The number of H-pyrrole nitrogens is 1. The first kappa shape index (κ1) is 20.4. The van der Waals surface area contributed by atoms with Crippen molar-refractivity contribution < 1.29 is 23.3 Å². The highest BCUT2D eigenvalue weighted by molar-refractivity contribution is 6.31. The van der Waals surface area contributed by atoms with Crippen LogP contribution in [-0.4, -0.2) is 50.6 Å². The van der Waals surface area contributed by atoms with Crippen LogP contribution in [0.5, 0.6) is 11.5 Å². The molecule has 0 aliphatic rings. The minimum absolute atomic E-state index is 0.283. The number of nitrogens with zero attached hydrogens (tertiary/aromatic N) is 1. The Kier molecular flexibility index (Phi) is 7.08. The van der Waals surface area contributed by atoms with Gasteiger partial charge < -0.3 is 23.9 Å². The molecular weight excluding hydrogens is 387 g/mol. The zero-order chi connectivity index (χ0) is 19.9. The molecule has 3 rings (SSSR count). The molecule has 28 heavy (non-hydrogen) atoms. The van der Waals surface area contributed by atoms with E-state index in [2.05, 4.69) is 9.97 Å². The topological polar surface area (TPSA) is 65.6 Å². The maximum absolute atomic E-state index is 14.7. The molecule has 8 heteroatoms. The Hall–Kier alpha value is -2.35. The fourth-order valence-electron chi connectivity index (χ4n) is 2.82. The normalized spacial score (nSPS) is 11.1. The summed E-state index contributed by atoms with van der Waals surface area (Å²) in [7, 11) is 3.13. The van der Waals surface area contributed by atoms with Crippen molar-refractivity contribution in [1.82, 2.24) is 9.97 Å². The summed E-state index contributed by atoms with van der Waals surface area (Å²) in [5, 5.41) is 1.39. The quantitative estimate of drug-likeness (QED) is 0.514. The van der Waals surface area contributed by atoms with Gasteiger partial charge in [0.15, 0.2) is 11.5 Å². The van der Waals surface area contributed by atoms with E-state index >= 15 is 0 Å². The van der Waals surface area contributed by atoms with Crippen LogP contribution in [0.15, 0.2) is 30.6 Å². The van der Waals surface area contributed by atoms with E-state index in [4.69, 9.17) is 30.5 Å². The zero-order valence-corrected chi connectivity index (χ0v) is 16.5. The molecule has 0 saturated heterocycles. The lowest BCUT2D eigenvalue weighted by atomic mass is 10.0. The monoisotopic (exact) mass is 408 g/mol. The Labute approximate surface area is 167 Å². The van der Waals surface area contributed by atoms with E-state index in [1.165, 1.54) is 13.2 Å². The van der Waals surface area contributed by atoms with Crippen LogP contribution >= 0.6 is 11.6 Å². The van der Waals surface area contributed by atoms with Gasteiger partial charge in [-0.25, -0.2) is 9.37 Å². The van der Waals surface area contributed by atoms with Gasteiger partial charge in [-0.3, -0.25) is 0 Å². The molecule has 2 aromatic heterocycles. The number of fused-ring (bicyclic) bond motifs is 1. The van der Waals surface area contributed by atoms with E-state index in [-0.39, 0.29) is 12.4 Å². The van der Waals surface area contributed by atoms with Gasteiger partial charge in [0.05, 0.1) is 32.0 Å². The van der Waals surface area contributed by atoms with Gasteiger partial charge in [0, 0.05) is 37.4 Å². The molecule has 0 amide bonds. The molecule has 0 aliphatic carbocycles. The van der Waals surface area contributed by atoms with Gasteiger partial charge in [0.1, 0.15) is 18.1 Å². The summed E-state index contributed by atoms with van der Waals surface area (Å²) in [5.74, 6) is 0.424. The maximum Gasteiger partial charge on any atom is 0.164 e. The number of aromatic nitrogens is 2. The van der Waals surface area contributed by atoms with Gasteiger partial charge in [0.25, 0.3) is 0 Å². The van der Waals surface area contributed by atoms with Crippen molar-refractivity contribution >= 4 is 22.6 Å². The van der Waals surface area contributed by atoms with Crippen LogP contribution in [0.1, 0.15) is 11.1 Å². The van der Waals surface area contributed by atoms with Gasteiger partial charge in [-0.15, -0.1) is 0 Å². The van der Waals surface area contributed by atoms with E-state index in [0.29, 0.717) is 54.0 Å². The lowest BCUT2D eigenvalue weighted by molar-refractivity contribution is 0.0539. The average molecular weight is 409 g/mol. The van der Waals surface area contributed by atoms with Crippen LogP contribution < -0.4 is 9.47 Å². The summed E-state index contributed by atoms with van der Waals surface area (Å²) in [6, 6.07) is 4.79. The second kappa shape index (κ2) is 9.73. The number of methoxy groups -OCH3 is 2. The summed E-state index contributed by atoms with van der Waals surface area (Å²) < 4.78 is 35.9. The van der Waals surface area contributed by atoms with Crippen molar-refractivity contribution in [3.8, 4) is 11.5 Å². The summed E-state index contributed by atoms with van der Waals surface area (Å²) in [4.78, 5) is 7.30. The average Bonchev–Trinajstić information content (AvgIpc) is 3.08. The number of pyridine rings is 1. The van der Waals surface area contributed by atoms with Crippen LogP contribution in [0.4, 0.5) is 4.39 Å². The van der Waals surface area contributed by atoms with Gasteiger partial charge in [-0.05, 0) is 23.3 Å². The second-order valence-electron chi connectivity index (χ2n) is 6.09. The molecule has 0 bridgehead atoms. The smallest absolute Gasteiger partial charge is 0.164 e. The molecule has 0 fully saturated rings. The lowest BCUT2D eigenvalue weighted by Crippen LogP contribution is -2.10. The molecule has 0 spiro atoms. The molecular formula is C20H22ClFN2O4. The summed E-state index contributed by atoms with van der Waals surface area (Å²) >= 11 is 6.03. The predicted octanol–water partition coefficient (Wildman–Crippen LogP) is 4.00. The molecule has 2 heterocycles. The highest BCUT2D eigenvalue weighted by atomic mass is 35.5. The third kappa shape index (κ3) is 4.92. The number of ether oxygens (including phenoxy) is 4. The highest BCUT2D eigenvalue weighted by Gasteiger charge is 2.14. The molecule has 0 unspecified atom stereocenters. The van der Waals surface area contributed by atoms with Crippen LogP contribution in [0.2, 0.25) is 5.02 Å². The van der Waals surface area contributed by atoms with Crippen molar-refractivity contribution in [2.75, 3.05) is 40.6 Å².